The predicted molar refractivity (Wildman–Crippen MR) is 71.1 cm³/mol. The second kappa shape index (κ2) is 9.00. The Kier molecular flexibility index (Phi) is 8.85. The monoisotopic (exact) mass is 210 g/mol. The van der Waals surface area contributed by atoms with Crippen LogP contribution >= 0.6 is 0 Å². The van der Waals surface area contributed by atoms with Gasteiger partial charge in [0.15, 0.2) is 0 Å². The van der Waals surface area contributed by atoms with Crippen molar-refractivity contribution < 1.29 is 0 Å². The van der Waals surface area contributed by atoms with E-state index in [1.807, 2.05) is 0 Å². The molecule has 0 aliphatic carbocycles. The maximum Gasteiger partial charge on any atom is -0.0236 e. The lowest BCUT2D eigenvalue weighted by atomic mass is 9.86. The van der Waals surface area contributed by atoms with Crippen LogP contribution in [0.15, 0.2) is 12.2 Å². The summed E-state index contributed by atoms with van der Waals surface area (Å²) in [6, 6.07) is 0. The molecule has 0 spiro atoms. The summed E-state index contributed by atoms with van der Waals surface area (Å²) in [4.78, 5) is 0. The van der Waals surface area contributed by atoms with E-state index in [-0.39, 0.29) is 0 Å². The van der Waals surface area contributed by atoms with Crippen molar-refractivity contribution in [1.29, 1.82) is 0 Å². The molecule has 0 rings (SSSR count). The normalized spacial score (nSPS) is 17.9. The number of unbranched alkanes of at least 4 members (excludes halogenated alkanes) is 2. The molecule has 0 amide bonds. The summed E-state index contributed by atoms with van der Waals surface area (Å²) < 4.78 is 0. The van der Waals surface area contributed by atoms with E-state index < -0.39 is 0 Å². The molecular formula is C15H30. The van der Waals surface area contributed by atoms with Crippen molar-refractivity contribution >= 4 is 0 Å². The molecular weight excluding hydrogens is 180 g/mol. The van der Waals surface area contributed by atoms with Crippen molar-refractivity contribution in [1.82, 2.24) is 0 Å². The average molecular weight is 210 g/mol. The lowest BCUT2D eigenvalue weighted by molar-refractivity contribution is 0.348. The van der Waals surface area contributed by atoms with Crippen LogP contribution in [-0.2, 0) is 0 Å². The van der Waals surface area contributed by atoms with Crippen LogP contribution in [0.5, 0.6) is 0 Å². The van der Waals surface area contributed by atoms with Gasteiger partial charge in [-0.05, 0) is 30.6 Å². The van der Waals surface area contributed by atoms with Crippen molar-refractivity contribution in [2.45, 2.75) is 66.7 Å². The molecule has 0 heteroatoms. The zero-order valence-corrected chi connectivity index (χ0v) is 11.4. The highest BCUT2D eigenvalue weighted by molar-refractivity contribution is 4.88. The molecule has 0 aromatic rings. The minimum absolute atomic E-state index is 0.746. The lowest BCUT2D eigenvalue weighted by Crippen LogP contribution is -2.09. The van der Waals surface area contributed by atoms with Gasteiger partial charge < -0.3 is 0 Å². The van der Waals surface area contributed by atoms with E-state index in [1.54, 1.807) is 0 Å². The van der Waals surface area contributed by atoms with E-state index in [4.69, 9.17) is 0 Å². The van der Waals surface area contributed by atoms with Gasteiger partial charge in [-0.25, -0.2) is 0 Å². The molecule has 3 atom stereocenters. The second-order valence-corrected chi connectivity index (χ2v) is 5.16. The highest BCUT2D eigenvalue weighted by Crippen LogP contribution is 2.22. The fraction of sp³-hybridized carbons (Fsp3) is 0.867. The zero-order chi connectivity index (χ0) is 11.7. The maximum atomic E-state index is 2.42. The van der Waals surface area contributed by atoms with Crippen molar-refractivity contribution in [3.8, 4) is 0 Å². The number of allylic oxidation sites excluding steroid dienone is 2. The first-order valence-corrected chi connectivity index (χ1v) is 6.78. The van der Waals surface area contributed by atoms with Crippen LogP contribution in [0, 0.1) is 17.8 Å². The van der Waals surface area contributed by atoms with E-state index in [1.165, 1.54) is 32.1 Å². The number of hydrogen-bond donors (Lipinski definition) is 0. The summed E-state index contributed by atoms with van der Waals surface area (Å²) in [5.74, 6) is 2.46. The van der Waals surface area contributed by atoms with E-state index >= 15 is 0 Å². The van der Waals surface area contributed by atoms with Crippen molar-refractivity contribution in [2.75, 3.05) is 0 Å². The van der Waals surface area contributed by atoms with Gasteiger partial charge in [-0.1, -0.05) is 66.0 Å². The maximum absolute atomic E-state index is 2.42. The third-order valence-corrected chi connectivity index (χ3v) is 3.53. The standard InChI is InChI=1S/C15H30/c1-6-8-9-10-11-14(4)15(5)12-13(3)7-2/h10-11,13-15H,6-9,12H2,1-5H3. The number of hydrogen-bond acceptors (Lipinski definition) is 0. The van der Waals surface area contributed by atoms with Gasteiger partial charge in [0.1, 0.15) is 0 Å². The zero-order valence-electron chi connectivity index (χ0n) is 11.4. The Morgan fingerprint density at radius 1 is 1.07 bits per heavy atom. The van der Waals surface area contributed by atoms with E-state index in [0.717, 1.165) is 17.8 Å². The van der Waals surface area contributed by atoms with Crippen LogP contribution in [0.1, 0.15) is 66.7 Å². The molecule has 0 heterocycles. The molecule has 0 aromatic heterocycles. The topological polar surface area (TPSA) is 0 Å². The van der Waals surface area contributed by atoms with Gasteiger partial charge in [-0.15, -0.1) is 0 Å². The van der Waals surface area contributed by atoms with Crippen molar-refractivity contribution in [3.05, 3.63) is 12.2 Å². The van der Waals surface area contributed by atoms with E-state index in [0.29, 0.717) is 0 Å². The fourth-order valence-corrected chi connectivity index (χ4v) is 1.84. The minimum Gasteiger partial charge on any atom is -0.0883 e. The molecule has 15 heavy (non-hydrogen) atoms. The largest absolute Gasteiger partial charge is 0.0883 e. The van der Waals surface area contributed by atoms with Gasteiger partial charge in [0.25, 0.3) is 0 Å². The molecule has 0 saturated carbocycles. The van der Waals surface area contributed by atoms with E-state index in [9.17, 15) is 0 Å². The third kappa shape index (κ3) is 7.64. The van der Waals surface area contributed by atoms with Gasteiger partial charge >= 0.3 is 0 Å². The molecule has 0 bridgehead atoms. The molecule has 3 unspecified atom stereocenters. The van der Waals surface area contributed by atoms with Crippen molar-refractivity contribution in [3.63, 3.8) is 0 Å². The molecule has 0 saturated heterocycles. The van der Waals surface area contributed by atoms with Gasteiger partial charge in [0, 0.05) is 0 Å². The Balaban J connectivity index is 3.77. The third-order valence-electron chi connectivity index (χ3n) is 3.53. The molecule has 0 radical (unpaired) electrons. The van der Waals surface area contributed by atoms with Gasteiger partial charge in [-0.3, -0.25) is 0 Å². The highest BCUT2D eigenvalue weighted by Gasteiger charge is 2.11. The fourth-order valence-electron chi connectivity index (χ4n) is 1.84. The summed E-state index contributed by atoms with van der Waals surface area (Å²) in [5, 5.41) is 0. The lowest BCUT2D eigenvalue weighted by Gasteiger charge is -2.20. The number of rotatable bonds is 8. The molecule has 90 valence electrons. The summed E-state index contributed by atoms with van der Waals surface area (Å²) in [5.41, 5.74) is 0. The Labute approximate surface area is 97.2 Å². The Morgan fingerprint density at radius 2 is 1.73 bits per heavy atom. The quantitative estimate of drug-likeness (QED) is 0.369. The van der Waals surface area contributed by atoms with Crippen molar-refractivity contribution in [2.24, 2.45) is 17.8 Å². The van der Waals surface area contributed by atoms with Crippen LogP contribution in [0.2, 0.25) is 0 Å². The van der Waals surface area contributed by atoms with Crippen LogP contribution in [0.4, 0.5) is 0 Å². The SMILES string of the molecule is CCCCC=CC(C)C(C)CC(C)CC. The van der Waals surface area contributed by atoms with E-state index in [2.05, 4.69) is 46.8 Å². The predicted octanol–water partition coefficient (Wildman–Crippen LogP) is 5.44. The molecule has 0 fully saturated rings. The summed E-state index contributed by atoms with van der Waals surface area (Å²) in [6.07, 6.45) is 11.4. The molecule has 0 N–H and O–H groups in total. The van der Waals surface area contributed by atoms with Gasteiger partial charge in [-0.2, -0.15) is 0 Å². The Morgan fingerprint density at radius 3 is 2.27 bits per heavy atom. The highest BCUT2D eigenvalue weighted by atomic mass is 14.2. The first-order valence-electron chi connectivity index (χ1n) is 6.78. The second-order valence-electron chi connectivity index (χ2n) is 5.16. The smallest absolute Gasteiger partial charge is 0.0236 e. The Hall–Kier alpha value is -0.260. The molecule has 0 nitrogen and oxygen atoms in total. The van der Waals surface area contributed by atoms with Crippen LogP contribution in [0.3, 0.4) is 0 Å². The molecule has 0 aliphatic rings. The van der Waals surface area contributed by atoms with Crippen LogP contribution in [-0.4, -0.2) is 0 Å². The molecule has 0 aromatic carbocycles. The van der Waals surface area contributed by atoms with Gasteiger partial charge in [0.05, 0.1) is 0 Å². The summed E-state index contributed by atoms with van der Waals surface area (Å²) >= 11 is 0. The van der Waals surface area contributed by atoms with Gasteiger partial charge in [0.2, 0.25) is 0 Å². The summed E-state index contributed by atoms with van der Waals surface area (Å²) in [6.45, 7) is 11.7. The minimum atomic E-state index is 0.746. The first kappa shape index (κ1) is 14.7. The van der Waals surface area contributed by atoms with Crippen LogP contribution in [0.25, 0.3) is 0 Å². The first-order chi connectivity index (χ1) is 7.11. The Bertz CT molecular complexity index is 157. The molecule has 0 aliphatic heterocycles. The van der Waals surface area contributed by atoms with Crippen LogP contribution < -0.4 is 0 Å². The summed E-state index contributed by atoms with van der Waals surface area (Å²) in [7, 11) is 0. The average Bonchev–Trinajstić information content (AvgIpc) is 2.23.